The zero-order valence-corrected chi connectivity index (χ0v) is 16.5. The summed E-state index contributed by atoms with van der Waals surface area (Å²) in [4.78, 5) is 16.6. The number of benzene rings is 2. The quantitative estimate of drug-likeness (QED) is 0.486. The molecule has 0 saturated heterocycles. The van der Waals surface area contributed by atoms with Crippen LogP contribution in [0.15, 0.2) is 59.1 Å². The van der Waals surface area contributed by atoms with Crippen LogP contribution in [-0.4, -0.2) is 31.1 Å². The second-order valence-corrected chi connectivity index (χ2v) is 7.43. The third-order valence-electron chi connectivity index (χ3n) is 5.04. The minimum Gasteiger partial charge on any atom is -0.441 e. The van der Waals surface area contributed by atoms with Crippen molar-refractivity contribution in [1.29, 1.82) is 0 Å². The van der Waals surface area contributed by atoms with E-state index in [4.69, 9.17) is 4.42 Å². The summed E-state index contributed by atoms with van der Waals surface area (Å²) in [7, 11) is 0. The van der Waals surface area contributed by atoms with Gasteiger partial charge in [-0.25, -0.2) is 14.1 Å². The molecule has 8 nitrogen and oxygen atoms in total. The maximum absolute atomic E-state index is 13.1. The van der Waals surface area contributed by atoms with Gasteiger partial charge in [-0.15, -0.1) is 5.10 Å². The molecule has 9 heteroatoms. The van der Waals surface area contributed by atoms with Crippen LogP contribution in [0.3, 0.4) is 0 Å². The average molecular weight is 418 g/mol. The summed E-state index contributed by atoms with van der Waals surface area (Å²) in [6.45, 7) is 0. The molecule has 0 bridgehead atoms. The maximum atomic E-state index is 13.1. The number of oxazole rings is 1. The Bertz CT molecular complexity index is 1210. The second-order valence-electron chi connectivity index (χ2n) is 7.43. The van der Waals surface area contributed by atoms with Crippen molar-refractivity contribution in [1.82, 2.24) is 25.2 Å². The van der Waals surface area contributed by atoms with Gasteiger partial charge in [0.15, 0.2) is 17.5 Å². The Balaban J connectivity index is 1.20. The van der Waals surface area contributed by atoms with Crippen LogP contribution in [0, 0.1) is 5.82 Å². The summed E-state index contributed by atoms with van der Waals surface area (Å²) in [6, 6.07) is 13.8. The van der Waals surface area contributed by atoms with Gasteiger partial charge in [-0.2, -0.15) is 0 Å². The average Bonchev–Trinajstić information content (AvgIpc) is 3.31. The van der Waals surface area contributed by atoms with E-state index in [1.807, 2.05) is 28.9 Å². The molecular weight excluding hydrogens is 399 g/mol. The monoisotopic (exact) mass is 418 g/mol. The number of carbonyl (C=O) groups excluding carboxylic acids is 1. The topological polar surface area (TPSA) is 98.7 Å². The molecule has 0 aliphatic heterocycles. The lowest BCUT2D eigenvalue weighted by Gasteiger charge is -2.07. The molecule has 0 unspecified atom stereocenters. The molecule has 0 atom stereocenters. The molecule has 31 heavy (non-hydrogen) atoms. The third-order valence-corrected chi connectivity index (χ3v) is 5.04. The van der Waals surface area contributed by atoms with Crippen LogP contribution >= 0.6 is 0 Å². The Hall–Kier alpha value is -3.88. The molecule has 1 fully saturated rings. The van der Waals surface area contributed by atoms with Crippen molar-refractivity contribution in [3.8, 4) is 22.7 Å². The van der Waals surface area contributed by atoms with Crippen LogP contribution in [0.1, 0.15) is 31.2 Å². The molecule has 5 rings (SSSR count). The van der Waals surface area contributed by atoms with Gasteiger partial charge in [-0.3, -0.25) is 4.79 Å². The molecule has 1 saturated carbocycles. The van der Waals surface area contributed by atoms with Crippen molar-refractivity contribution in [2.75, 3.05) is 5.32 Å². The molecule has 1 N–H and O–H groups in total. The Labute approximate surface area is 177 Å². The van der Waals surface area contributed by atoms with E-state index in [2.05, 4.69) is 25.8 Å². The Morgan fingerprint density at radius 3 is 2.81 bits per heavy atom. The highest BCUT2D eigenvalue weighted by atomic mass is 19.1. The Kier molecular flexibility index (Phi) is 4.99. The molecule has 0 spiro atoms. The summed E-state index contributed by atoms with van der Waals surface area (Å²) < 4.78 is 20.6. The van der Waals surface area contributed by atoms with Gasteiger partial charge >= 0.3 is 0 Å². The first-order valence-corrected chi connectivity index (χ1v) is 10.0. The largest absolute Gasteiger partial charge is 0.441 e. The molecule has 2 aromatic carbocycles. The smallest absolute Gasteiger partial charge is 0.224 e. The maximum Gasteiger partial charge on any atom is 0.224 e. The van der Waals surface area contributed by atoms with Gasteiger partial charge in [-0.05, 0) is 59.7 Å². The van der Waals surface area contributed by atoms with Gasteiger partial charge in [0.05, 0.1) is 12.2 Å². The predicted octanol–water partition coefficient (Wildman–Crippen LogP) is 4.04. The lowest BCUT2D eigenvalue weighted by Crippen LogP contribution is -2.12. The highest BCUT2D eigenvalue weighted by Crippen LogP contribution is 2.36. The fourth-order valence-electron chi connectivity index (χ4n) is 3.30. The van der Waals surface area contributed by atoms with Gasteiger partial charge in [0.2, 0.25) is 5.91 Å². The van der Waals surface area contributed by atoms with Crippen molar-refractivity contribution >= 4 is 11.6 Å². The lowest BCUT2D eigenvalue weighted by molar-refractivity contribution is -0.116. The van der Waals surface area contributed by atoms with E-state index in [9.17, 15) is 9.18 Å². The van der Waals surface area contributed by atoms with Crippen molar-refractivity contribution in [3.63, 3.8) is 0 Å². The highest BCUT2D eigenvalue weighted by Gasteiger charge is 2.28. The van der Waals surface area contributed by atoms with E-state index in [1.165, 1.54) is 12.1 Å². The van der Waals surface area contributed by atoms with Gasteiger partial charge in [-0.1, -0.05) is 12.1 Å². The highest BCUT2D eigenvalue weighted by molar-refractivity contribution is 5.91. The van der Waals surface area contributed by atoms with E-state index < -0.39 is 0 Å². The Morgan fingerprint density at radius 2 is 2.00 bits per heavy atom. The minimum atomic E-state index is -0.312. The fraction of sp³-hybridized carbons (Fsp3) is 0.227. The van der Waals surface area contributed by atoms with Gasteiger partial charge in [0, 0.05) is 29.7 Å². The number of nitrogens with zero attached hydrogens (tertiary/aromatic N) is 5. The number of amides is 1. The molecule has 2 heterocycles. The number of aromatic nitrogens is 5. The number of halogens is 1. The van der Waals surface area contributed by atoms with Crippen molar-refractivity contribution in [2.45, 2.75) is 31.7 Å². The molecular formula is C22H19FN6O2. The van der Waals surface area contributed by atoms with E-state index in [0.717, 1.165) is 24.0 Å². The van der Waals surface area contributed by atoms with Crippen molar-refractivity contribution in [2.24, 2.45) is 0 Å². The number of aryl methyl sites for hydroxylation is 1. The number of hydrogen-bond donors (Lipinski definition) is 1. The standard InChI is InChI=1S/C22H19FN6O2/c23-16-6-4-14(5-7-16)19-13-24-21(31-19)11-10-20(30)25-17-3-1-2-15(12-17)22-26-27-28-29(22)18-8-9-18/h1-7,12-13,18H,8-11H2,(H,25,30). The molecule has 2 aromatic heterocycles. The lowest BCUT2D eigenvalue weighted by atomic mass is 10.2. The third kappa shape index (κ3) is 4.35. The molecule has 0 radical (unpaired) electrons. The summed E-state index contributed by atoms with van der Waals surface area (Å²) in [5, 5.41) is 14.9. The fourth-order valence-corrected chi connectivity index (χ4v) is 3.30. The first-order chi connectivity index (χ1) is 15.2. The summed E-state index contributed by atoms with van der Waals surface area (Å²) in [6.07, 6.45) is 4.31. The van der Waals surface area contributed by atoms with Gasteiger partial charge in [0.25, 0.3) is 0 Å². The number of anilines is 1. The van der Waals surface area contributed by atoms with Crippen LogP contribution in [-0.2, 0) is 11.2 Å². The van der Waals surface area contributed by atoms with E-state index in [-0.39, 0.29) is 18.1 Å². The molecule has 1 aliphatic rings. The number of rotatable bonds is 7. The number of hydrogen-bond acceptors (Lipinski definition) is 6. The van der Waals surface area contributed by atoms with E-state index in [1.54, 1.807) is 18.3 Å². The first kappa shape index (κ1) is 19.1. The molecule has 4 aromatic rings. The zero-order chi connectivity index (χ0) is 21.2. The summed E-state index contributed by atoms with van der Waals surface area (Å²) in [5.41, 5.74) is 2.26. The molecule has 1 aliphatic carbocycles. The number of nitrogens with one attached hydrogen (secondary N) is 1. The SMILES string of the molecule is O=C(CCc1ncc(-c2ccc(F)cc2)o1)Nc1cccc(-c2nnnn2C2CC2)c1. The van der Waals surface area contributed by atoms with Crippen molar-refractivity contribution < 1.29 is 13.6 Å². The van der Waals surface area contributed by atoms with E-state index in [0.29, 0.717) is 35.6 Å². The number of carbonyl (C=O) groups is 1. The van der Waals surface area contributed by atoms with E-state index >= 15 is 0 Å². The van der Waals surface area contributed by atoms with Gasteiger partial charge < -0.3 is 9.73 Å². The normalized spacial score (nSPS) is 13.3. The molecule has 156 valence electrons. The first-order valence-electron chi connectivity index (χ1n) is 10.0. The van der Waals surface area contributed by atoms with Crippen molar-refractivity contribution in [3.05, 3.63) is 66.4 Å². The number of tetrazole rings is 1. The molecule has 1 amide bonds. The van der Waals surface area contributed by atoms with Gasteiger partial charge in [0.1, 0.15) is 5.82 Å². The minimum absolute atomic E-state index is 0.152. The second kappa shape index (κ2) is 8.10. The van der Waals surface area contributed by atoms with Crippen LogP contribution in [0.4, 0.5) is 10.1 Å². The van der Waals surface area contributed by atoms with Crippen LogP contribution in [0.25, 0.3) is 22.7 Å². The van der Waals surface area contributed by atoms with Crippen LogP contribution in [0.2, 0.25) is 0 Å². The van der Waals surface area contributed by atoms with Crippen LogP contribution in [0.5, 0.6) is 0 Å². The zero-order valence-electron chi connectivity index (χ0n) is 16.5. The summed E-state index contributed by atoms with van der Waals surface area (Å²) in [5.74, 6) is 1.23. The predicted molar refractivity (Wildman–Crippen MR) is 110 cm³/mol. The Morgan fingerprint density at radius 1 is 1.16 bits per heavy atom. The van der Waals surface area contributed by atoms with Crippen LogP contribution < -0.4 is 5.32 Å². The summed E-state index contributed by atoms with van der Waals surface area (Å²) >= 11 is 0.